The lowest BCUT2D eigenvalue weighted by atomic mass is 10.2. The second kappa shape index (κ2) is 9.23. The number of benzene rings is 2. The smallest absolute Gasteiger partial charge is 0.267 e. The first-order valence-electron chi connectivity index (χ1n) is 10.1. The Kier molecular flexibility index (Phi) is 6.40. The van der Waals surface area contributed by atoms with Gasteiger partial charge in [-0.3, -0.25) is 4.79 Å². The van der Waals surface area contributed by atoms with Crippen LogP contribution in [0.4, 0.5) is 0 Å². The van der Waals surface area contributed by atoms with Crippen LogP contribution < -0.4 is 5.43 Å². The number of carbonyl (C=O) groups excluding carboxylic acids is 1. The molecule has 0 saturated carbocycles. The van der Waals surface area contributed by atoms with Gasteiger partial charge in [-0.15, -0.1) is 0 Å². The van der Waals surface area contributed by atoms with E-state index < -0.39 is 15.9 Å². The predicted octanol–water partition coefficient (Wildman–Crippen LogP) is 3.38. The molecule has 0 aliphatic carbocycles. The summed E-state index contributed by atoms with van der Waals surface area (Å²) in [5.41, 5.74) is 4.65. The molecule has 1 aliphatic rings. The minimum Gasteiger partial charge on any atom is -0.267 e. The quantitative estimate of drug-likeness (QED) is 0.440. The van der Waals surface area contributed by atoms with Gasteiger partial charge >= 0.3 is 0 Å². The Bertz CT molecular complexity index is 1270. The van der Waals surface area contributed by atoms with Crippen molar-refractivity contribution in [2.75, 3.05) is 13.1 Å². The van der Waals surface area contributed by atoms with Crippen LogP contribution in [-0.2, 0) is 10.0 Å². The first-order chi connectivity index (χ1) is 15.4. The lowest BCUT2D eigenvalue weighted by molar-refractivity contribution is 0.0955. The lowest BCUT2D eigenvalue weighted by Crippen LogP contribution is -2.28. The van der Waals surface area contributed by atoms with Crippen molar-refractivity contribution in [1.29, 1.82) is 0 Å². The van der Waals surface area contributed by atoms with E-state index in [1.807, 2.05) is 30.3 Å². The largest absolute Gasteiger partial charge is 0.271 e. The van der Waals surface area contributed by atoms with E-state index >= 15 is 0 Å². The van der Waals surface area contributed by atoms with E-state index in [0.717, 1.165) is 18.5 Å². The molecule has 1 saturated heterocycles. The summed E-state index contributed by atoms with van der Waals surface area (Å²) in [6, 6.07) is 15.4. The molecule has 0 atom stereocenters. The van der Waals surface area contributed by atoms with Crippen molar-refractivity contribution in [3.05, 3.63) is 76.6 Å². The molecule has 1 fully saturated rings. The van der Waals surface area contributed by atoms with Gasteiger partial charge in [0.1, 0.15) is 5.15 Å². The van der Waals surface area contributed by atoms with Gasteiger partial charge in [0.2, 0.25) is 10.0 Å². The molecule has 0 spiro atoms. The number of aryl methyl sites for hydroxylation is 1. The van der Waals surface area contributed by atoms with Crippen molar-refractivity contribution >= 4 is 33.7 Å². The minimum absolute atomic E-state index is 0.0963. The molecular weight excluding hydrogens is 450 g/mol. The molecule has 8 nitrogen and oxygen atoms in total. The summed E-state index contributed by atoms with van der Waals surface area (Å²) in [6.07, 6.45) is 3.11. The van der Waals surface area contributed by atoms with Gasteiger partial charge in [0, 0.05) is 18.7 Å². The number of amides is 1. The number of hydrogen-bond acceptors (Lipinski definition) is 5. The van der Waals surface area contributed by atoms with Crippen LogP contribution in [-0.4, -0.2) is 47.7 Å². The summed E-state index contributed by atoms with van der Waals surface area (Å²) in [5.74, 6) is -0.524. The highest BCUT2D eigenvalue weighted by Crippen LogP contribution is 2.23. The van der Waals surface area contributed by atoms with E-state index in [-0.39, 0.29) is 10.5 Å². The van der Waals surface area contributed by atoms with Crippen molar-refractivity contribution in [3.8, 4) is 5.69 Å². The molecule has 2 heterocycles. The molecule has 0 unspecified atom stereocenters. The highest BCUT2D eigenvalue weighted by Gasteiger charge is 2.27. The molecule has 3 aromatic rings. The third kappa shape index (κ3) is 4.45. The third-order valence-electron chi connectivity index (χ3n) is 5.21. The van der Waals surface area contributed by atoms with Crippen molar-refractivity contribution in [3.63, 3.8) is 0 Å². The van der Waals surface area contributed by atoms with Crippen LogP contribution in [0.15, 0.2) is 64.6 Å². The molecule has 4 rings (SSSR count). The Hall–Kier alpha value is -3.01. The van der Waals surface area contributed by atoms with Crippen molar-refractivity contribution < 1.29 is 13.2 Å². The molecular formula is C22H22ClN5O3S. The summed E-state index contributed by atoms with van der Waals surface area (Å²) in [6.45, 7) is 2.79. The minimum atomic E-state index is -3.61. The second-order valence-electron chi connectivity index (χ2n) is 7.38. The summed E-state index contributed by atoms with van der Waals surface area (Å²) in [4.78, 5) is 12.6. The standard InChI is InChI=1S/C22H22ClN5O3S/c1-16-20(21(23)28(26-16)18-9-3-2-4-10-18)15-24-25-22(29)17-8-7-11-19(14-17)32(30,31)27-12-5-6-13-27/h2-4,7-11,14-15H,5-6,12-13H2,1H3,(H,25,29)/b24-15+. The molecule has 0 radical (unpaired) electrons. The highest BCUT2D eigenvalue weighted by molar-refractivity contribution is 7.89. The third-order valence-corrected chi connectivity index (χ3v) is 7.47. The number of aromatic nitrogens is 2. The van der Waals surface area contributed by atoms with Crippen molar-refractivity contribution in [2.24, 2.45) is 5.10 Å². The molecule has 1 amide bonds. The zero-order valence-electron chi connectivity index (χ0n) is 17.4. The fraction of sp³-hybridized carbons (Fsp3) is 0.227. The molecule has 1 N–H and O–H groups in total. The Morgan fingerprint density at radius 2 is 1.84 bits per heavy atom. The maximum absolute atomic E-state index is 12.7. The number of nitrogens with one attached hydrogen (secondary N) is 1. The van der Waals surface area contributed by atoms with Gasteiger partial charge < -0.3 is 0 Å². The topological polar surface area (TPSA) is 96.7 Å². The molecule has 10 heteroatoms. The maximum atomic E-state index is 12.7. The van der Waals surface area contributed by atoms with E-state index in [2.05, 4.69) is 15.6 Å². The van der Waals surface area contributed by atoms with Gasteiger partial charge in [-0.25, -0.2) is 18.5 Å². The van der Waals surface area contributed by atoms with Gasteiger partial charge in [0.15, 0.2) is 0 Å². The molecule has 0 bridgehead atoms. The monoisotopic (exact) mass is 471 g/mol. The number of carbonyl (C=O) groups is 1. The molecule has 1 aliphatic heterocycles. The van der Waals surface area contributed by atoms with Crippen LogP contribution >= 0.6 is 11.6 Å². The number of hydrogen-bond donors (Lipinski definition) is 1. The molecule has 166 valence electrons. The van der Waals surface area contributed by atoms with E-state index in [1.165, 1.54) is 22.7 Å². The van der Waals surface area contributed by atoms with Crippen molar-refractivity contribution in [1.82, 2.24) is 19.5 Å². The average Bonchev–Trinajstić information content (AvgIpc) is 3.44. The fourth-order valence-corrected chi connectivity index (χ4v) is 5.38. The first-order valence-corrected chi connectivity index (χ1v) is 11.9. The van der Waals surface area contributed by atoms with Gasteiger partial charge in [-0.2, -0.15) is 14.5 Å². The number of para-hydroxylation sites is 1. The lowest BCUT2D eigenvalue weighted by Gasteiger charge is -2.15. The Morgan fingerprint density at radius 3 is 2.56 bits per heavy atom. The number of nitrogens with zero attached hydrogens (tertiary/aromatic N) is 4. The van der Waals surface area contributed by atoms with Gasteiger partial charge in [0.25, 0.3) is 5.91 Å². The Labute approximate surface area is 191 Å². The number of sulfonamides is 1. The molecule has 1 aromatic heterocycles. The van der Waals surface area contributed by atoms with Crippen LogP contribution in [0.3, 0.4) is 0 Å². The second-order valence-corrected chi connectivity index (χ2v) is 9.67. The SMILES string of the molecule is Cc1nn(-c2ccccc2)c(Cl)c1/C=N/NC(=O)c1cccc(S(=O)(=O)N2CCCC2)c1. The van der Waals surface area contributed by atoms with Crippen LogP contribution in [0, 0.1) is 6.92 Å². The first kappa shape index (κ1) is 22.2. The number of hydrazone groups is 1. The fourth-order valence-electron chi connectivity index (χ4n) is 3.49. The number of halogens is 1. The molecule has 32 heavy (non-hydrogen) atoms. The maximum Gasteiger partial charge on any atom is 0.271 e. The van der Waals surface area contributed by atoms with Crippen LogP contribution in [0.2, 0.25) is 5.15 Å². The zero-order chi connectivity index (χ0) is 22.7. The summed E-state index contributed by atoms with van der Waals surface area (Å²) in [7, 11) is -3.61. The van der Waals surface area contributed by atoms with Crippen LogP contribution in [0.25, 0.3) is 5.69 Å². The van der Waals surface area contributed by atoms with Gasteiger partial charge in [0.05, 0.1) is 28.1 Å². The van der Waals surface area contributed by atoms with Gasteiger partial charge in [-0.1, -0.05) is 35.9 Å². The summed E-state index contributed by atoms with van der Waals surface area (Å²) < 4.78 is 28.5. The Balaban J connectivity index is 1.50. The average molecular weight is 472 g/mol. The zero-order valence-corrected chi connectivity index (χ0v) is 19.0. The molecule has 2 aromatic carbocycles. The van der Waals surface area contributed by atoms with Crippen LogP contribution in [0.1, 0.15) is 34.5 Å². The van der Waals surface area contributed by atoms with Crippen molar-refractivity contribution in [2.45, 2.75) is 24.7 Å². The highest BCUT2D eigenvalue weighted by atomic mass is 35.5. The summed E-state index contributed by atoms with van der Waals surface area (Å²) >= 11 is 6.45. The van der Waals surface area contributed by atoms with E-state index in [1.54, 1.807) is 23.7 Å². The Morgan fingerprint density at radius 1 is 1.12 bits per heavy atom. The van der Waals surface area contributed by atoms with E-state index in [4.69, 9.17) is 11.6 Å². The van der Waals surface area contributed by atoms with E-state index in [0.29, 0.717) is 29.5 Å². The number of rotatable bonds is 6. The predicted molar refractivity (Wildman–Crippen MR) is 123 cm³/mol. The normalized spacial score (nSPS) is 14.8. The van der Waals surface area contributed by atoms with Gasteiger partial charge in [-0.05, 0) is 50.1 Å². The van der Waals surface area contributed by atoms with Crippen LogP contribution in [0.5, 0.6) is 0 Å². The summed E-state index contributed by atoms with van der Waals surface area (Å²) in [5, 5.41) is 8.78. The van der Waals surface area contributed by atoms with E-state index in [9.17, 15) is 13.2 Å².